The van der Waals surface area contributed by atoms with E-state index in [0.717, 1.165) is 34.7 Å². The summed E-state index contributed by atoms with van der Waals surface area (Å²) in [5, 5.41) is 0. The van der Waals surface area contributed by atoms with Gasteiger partial charge in [0.2, 0.25) is 0 Å². The standard InChI is InChI=1S/C16H16FN3/c1-3-20-14-6-4-5-12(17)15(14)19-16(20)11-8-7-10(2)13(18)9-11/h4-9H,3,18H2,1-2H3. The van der Waals surface area contributed by atoms with E-state index >= 15 is 0 Å². The fraction of sp³-hybridized carbons (Fsp3) is 0.188. The maximum Gasteiger partial charge on any atom is 0.151 e. The largest absolute Gasteiger partial charge is 0.398 e. The third-order valence-corrected chi connectivity index (χ3v) is 3.58. The summed E-state index contributed by atoms with van der Waals surface area (Å²) >= 11 is 0. The Morgan fingerprint density at radius 3 is 2.75 bits per heavy atom. The molecule has 0 aliphatic carbocycles. The minimum atomic E-state index is -0.295. The van der Waals surface area contributed by atoms with Gasteiger partial charge in [-0.25, -0.2) is 9.37 Å². The summed E-state index contributed by atoms with van der Waals surface area (Å²) in [4.78, 5) is 4.46. The lowest BCUT2D eigenvalue weighted by Crippen LogP contribution is -1.98. The Morgan fingerprint density at radius 1 is 1.25 bits per heavy atom. The van der Waals surface area contributed by atoms with Crippen molar-refractivity contribution in [2.24, 2.45) is 0 Å². The van der Waals surface area contributed by atoms with Crippen molar-refractivity contribution >= 4 is 16.7 Å². The molecule has 20 heavy (non-hydrogen) atoms. The van der Waals surface area contributed by atoms with Crippen molar-refractivity contribution in [1.29, 1.82) is 0 Å². The zero-order valence-corrected chi connectivity index (χ0v) is 11.5. The first-order valence-electron chi connectivity index (χ1n) is 6.63. The van der Waals surface area contributed by atoms with E-state index < -0.39 is 0 Å². The van der Waals surface area contributed by atoms with Crippen molar-refractivity contribution in [2.45, 2.75) is 20.4 Å². The summed E-state index contributed by atoms with van der Waals surface area (Å²) in [5.41, 5.74) is 9.83. The van der Waals surface area contributed by atoms with Crippen LogP contribution in [0.25, 0.3) is 22.4 Å². The number of para-hydroxylation sites is 1. The molecule has 0 fully saturated rings. The number of halogens is 1. The highest BCUT2D eigenvalue weighted by Crippen LogP contribution is 2.28. The van der Waals surface area contributed by atoms with Crippen molar-refractivity contribution in [3.8, 4) is 11.4 Å². The first-order valence-corrected chi connectivity index (χ1v) is 6.63. The first kappa shape index (κ1) is 12.7. The predicted molar refractivity (Wildman–Crippen MR) is 80.0 cm³/mol. The Morgan fingerprint density at radius 2 is 2.05 bits per heavy atom. The van der Waals surface area contributed by atoms with Gasteiger partial charge in [-0.05, 0) is 37.6 Å². The molecule has 0 aliphatic rings. The van der Waals surface area contributed by atoms with Crippen LogP contribution in [-0.2, 0) is 6.54 Å². The van der Waals surface area contributed by atoms with Crippen LogP contribution in [0.2, 0.25) is 0 Å². The van der Waals surface area contributed by atoms with Gasteiger partial charge < -0.3 is 10.3 Å². The molecule has 2 aromatic carbocycles. The fourth-order valence-corrected chi connectivity index (χ4v) is 2.43. The lowest BCUT2D eigenvalue weighted by Gasteiger charge is -2.08. The molecule has 0 bridgehead atoms. The quantitative estimate of drug-likeness (QED) is 0.720. The third kappa shape index (κ3) is 1.84. The van der Waals surface area contributed by atoms with Crippen LogP contribution in [0.15, 0.2) is 36.4 Å². The molecular formula is C16H16FN3. The number of hydrogen-bond donors (Lipinski definition) is 1. The number of nitrogen functional groups attached to an aromatic ring is 1. The highest BCUT2D eigenvalue weighted by atomic mass is 19.1. The molecule has 0 radical (unpaired) electrons. The third-order valence-electron chi connectivity index (χ3n) is 3.58. The minimum absolute atomic E-state index is 0.295. The molecule has 0 spiro atoms. The molecule has 1 heterocycles. The molecule has 3 rings (SSSR count). The number of nitrogens with zero attached hydrogens (tertiary/aromatic N) is 2. The topological polar surface area (TPSA) is 43.8 Å². The van der Waals surface area contributed by atoms with Crippen molar-refractivity contribution in [3.05, 3.63) is 47.8 Å². The minimum Gasteiger partial charge on any atom is -0.398 e. The zero-order valence-electron chi connectivity index (χ0n) is 11.5. The highest BCUT2D eigenvalue weighted by molar-refractivity contribution is 5.81. The number of hydrogen-bond acceptors (Lipinski definition) is 2. The Kier molecular flexibility index (Phi) is 2.93. The molecule has 1 aromatic heterocycles. The van der Waals surface area contributed by atoms with Gasteiger partial charge in [-0.1, -0.05) is 18.2 Å². The van der Waals surface area contributed by atoms with Gasteiger partial charge in [0.1, 0.15) is 11.3 Å². The SMILES string of the molecule is CCn1c(-c2ccc(C)c(N)c2)nc2c(F)cccc21. The molecule has 0 amide bonds. The first-order chi connectivity index (χ1) is 9.61. The Balaban J connectivity index is 2.30. The second kappa shape index (κ2) is 4.63. The summed E-state index contributed by atoms with van der Waals surface area (Å²) in [7, 11) is 0. The van der Waals surface area contributed by atoms with Crippen LogP contribution in [0.5, 0.6) is 0 Å². The van der Waals surface area contributed by atoms with Gasteiger partial charge in [0, 0.05) is 17.8 Å². The molecule has 3 aromatic rings. The molecule has 0 saturated carbocycles. The fourth-order valence-electron chi connectivity index (χ4n) is 2.43. The summed E-state index contributed by atoms with van der Waals surface area (Å²) in [5.74, 6) is 0.454. The monoisotopic (exact) mass is 269 g/mol. The number of anilines is 1. The van der Waals surface area contributed by atoms with Crippen LogP contribution in [0, 0.1) is 12.7 Å². The number of fused-ring (bicyclic) bond motifs is 1. The van der Waals surface area contributed by atoms with Crippen molar-refractivity contribution in [1.82, 2.24) is 9.55 Å². The number of aromatic nitrogens is 2. The van der Waals surface area contributed by atoms with Crippen molar-refractivity contribution < 1.29 is 4.39 Å². The second-order valence-corrected chi connectivity index (χ2v) is 4.86. The molecule has 102 valence electrons. The van der Waals surface area contributed by atoms with Crippen LogP contribution in [0.3, 0.4) is 0 Å². The average Bonchev–Trinajstić information content (AvgIpc) is 2.82. The van der Waals surface area contributed by atoms with Crippen LogP contribution < -0.4 is 5.73 Å². The number of rotatable bonds is 2. The van der Waals surface area contributed by atoms with E-state index in [1.807, 2.05) is 42.7 Å². The van der Waals surface area contributed by atoms with E-state index in [0.29, 0.717) is 5.52 Å². The number of benzene rings is 2. The molecule has 3 nitrogen and oxygen atoms in total. The molecule has 0 aliphatic heterocycles. The van der Waals surface area contributed by atoms with Crippen LogP contribution >= 0.6 is 0 Å². The van der Waals surface area contributed by atoms with Crippen LogP contribution in [-0.4, -0.2) is 9.55 Å². The van der Waals surface area contributed by atoms with Gasteiger partial charge in [0.15, 0.2) is 5.82 Å². The normalized spacial score (nSPS) is 11.2. The van der Waals surface area contributed by atoms with E-state index in [9.17, 15) is 4.39 Å². The molecular weight excluding hydrogens is 253 g/mol. The maximum absolute atomic E-state index is 13.9. The van der Waals surface area contributed by atoms with Gasteiger partial charge in [0.05, 0.1) is 5.52 Å². The van der Waals surface area contributed by atoms with E-state index in [1.54, 1.807) is 6.07 Å². The van der Waals surface area contributed by atoms with E-state index in [1.165, 1.54) is 6.07 Å². The Bertz CT molecular complexity index is 790. The average molecular weight is 269 g/mol. The molecule has 0 saturated heterocycles. The van der Waals surface area contributed by atoms with E-state index in [4.69, 9.17) is 5.73 Å². The van der Waals surface area contributed by atoms with Gasteiger partial charge in [0.25, 0.3) is 0 Å². The maximum atomic E-state index is 13.9. The van der Waals surface area contributed by atoms with Crippen molar-refractivity contribution in [3.63, 3.8) is 0 Å². The van der Waals surface area contributed by atoms with Crippen LogP contribution in [0.1, 0.15) is 12.5 Å². The van der Waals surface area contributed by atoms with Gasteiger partial charge in [-0.2, -0.15) is 0 Å². The Hall–Kier alpha value is -2.36. The van der Waals surface area contributed by atoms with E-state index in [-0.39, 0.29) is 5.82 Å². The lowest BCUT2D eigenvalue weighted by atomic mass is 10.1. The predicted octanol–water partition coefficient (Wildman–Crippen LogP) is 3.75. The number of nitrogens with two attached hydrogens (primary N) is 1. The molecule has 0 unspecified atom stereocenters. The molecule has 2 N–H and O–H groups in total. The van der Waals surface area contributed by atoms with Crippen LogP contribution in [0.4, 0.5) is 10.1 Å². The lowest BCUT2D eigenvalue weighted by molar-refractivity contribution is 0.637. The molecule has 0 atom stereocenters. The molecule has 4 heteroatoms. The van der Waals surface area contributed by atoms with Crippen molar-refractivity contribution in [2.75, 3.05) is 5.73 Å². The zero-order chi connectivity index (χ0) is 14.3. The smallest absolute Gasteiger partial charge is 0.151 e. The van der Waals surface area contributed by atoms with Gasteiger partial charge >= 0.3 is 0 Å². The summed E-state index contributed by atoms with van der Waals surface area (Å²) < 4.78 is 15.9. The second-order valence-electron chi connectivity index (χ2n) is 4.86. The Labute approximate surface area is 116 Å². The van der Waals surface area contributed by atoms with Gasteiger partial charge in [-0.15, -0.1) is 0 Å². The number of aryl methyl sites for hydroxylation is 2. The summed E-state index contributed by atoms with van der Waals surface area (Å²) in [6, 6.07) is 10.8. The highest BCUT2D eigenvalue weighted by Gasteiger charge is 2.14. The van der Waals surface area contributed by atoms with E-state index in [2.05, 4.69) is 4.98 Å². The van der Waals surface area contributed by atoms with Gasteiger partial charge in [-0.3, -0.25) is 0 Å². The summed E-state index contributed by atoms with van der Waals surface area (Å²) in [6.45, 7) is 4.71. The summed E-state index contributed by atoms with van der Waals surface area (Å²) in [6.07, 6.45) is 0. The number of imidazole rings is 1.